The van der Waals surface area contributed by atoms with Gasteiger partial charge in [0.25, 0.3) is 0 Å². The molecule has 1 aromatic carbocycles. The summed E-state index contributed by atoms with van der Waals surface area (Å²) in [6, 6.07) is 5.49. The van der Waals surface area contributed by atoms with Crippen LogP contribution in [0.25, 0.3) is 0 Å². The third-order valence-corrected chi connectivity index (χ3v) is 2.81. The first-order valence-electron chi connectivity index (χ1n) is 6.14. The number of aromatic carboxylic acids is 1. The second kappa shape index (κ2) is 6.12. The van der Waals surface area contributed by atoms with Crippen molar-refractivity contribution in [3.05, 3.63) is 47.5 Å². The molecule has 0 bridgehead atoms. The van der Waals surface area contributed by atoms with Crippen molar-refractivity contribution in [3.63, 3.8) is 0 Å². The van der Waals surface area contributed by atoms with E-state index in [2.05, 4.69) is 15.6 Å². The zero-order valence-electron chi connectivity index (χ0n) is 11.2. The minimum absolute atomic E-state index is 0.147. The van der Waals surface area contributed by atoms with Crippen molar-refractivity contribution in [2.24, 2.45) is 0 Å². The number of carboxylic acid groups (broad SMARTS) is 1. The maximum Gasteiger partial charge on any atom is 0.358 e. The Morgan fingerprint density at radius 3 is 2.62 bits per heavy atom. The van der Waals surface area contributed by atoms with E-state index in [1.54, 1.807) is 19.1 Å². The number of hydrogen-bond donors (Lipinski definition) is 2. The molecular weight excluding hydrogens is 279 g/mol. The number of aromatic nitrogens is 3. The number of hydrogen-bond acceptors (Lipinski definition) is 4. The quantitative estimate of drug-likeness (QED) is 0.856. The molecule has 21 heavy (non-hydrogen) atoms. The summed E-state index contributed by atoms with van der Waals surface area (Å²) >= 11 is 0. The Bertz CT molecular complexity index is 654. The number of carbonyl (C=O) groups excluding carboxylic acids is 1. The summed E-state index contributed by atoms with van der Waals surface area (Å²) in [5, 5.41) is 18.4. The minimum atomic E-state index is -1.21. The number of nitrogens with zero attached hydrogens (tertiary/aromatic N) is 3. The topological polar surface area (TPSA) is 97.1 Å². The van der Waals surface area contributed by atoms with Gasteiger partial charge < -0.3 is 10.4 Å². The van der Waals surface area contributed by atoms with E-state index in [0.29, 0.717) is 0 Å². The first-order valence-corrected chi connectivity index (χ1v) is 6.14. The molecule has 1 aromatic heterocycles. The molecule has 8 heteroatoms. The molecule has 2 rings (SSSR count). The average Bonchev–Trinajstić information content (AvgIpc) is 2.87. The molecule has 0 aliphatic rings. The van der Waals surface area contributed by atoms with Gasteiger partial charge in [-0.25, -0.2) is 13.9 Å². The van der Waals surface area contributed by atoms with E-state index in [4.69, 9.17) is 5.11 Å². The number of halogens is 1. The second-order valence-electron chi connectivity index (χ2n) is 4.45. The number of carbonyl (C=O) groups is 2. The van der Waals surface area contributed by atoms with E-state index in [1.165, 1.54) is 18.3 Å². The molecule has 0 radical (unpaired) electrons. The highest BCUT2D eigenvalue weighted by Gasteiger charge is 2.13. The molecule has 0 saturated carbocycles. The van der Waals surface area contributed by atoms with Crippen molar-refractivity contribution >= 4 is 11.9 Å². The summed E-state index contributed by atoms with van der Waals surface area (Å²) in [5.41, 5.74) is 0.531. The number of carboxylic acids is 1. The van der Waals surface area contributed by atoms with Crippen LogP contribution in [0.2, 0.25) is 0 Å². The van der Waals surface area contributed by atoms with Crippen LogP contribution in [0, 0.1) is 5.82 Å². The maximum absolute atomic E-state index is 12.8. The predicted octanol–water partition coefficient (Wildman–Crippen LogP) is 0.993. The fourth-order valence-corrected chi connectivity index (χ4v) is 1.74. The summed E-state index contributed by atoms with van der Waals surface area (Å²) in [6.07, 6.45) is 1.17. The number of benzene rings is 1. The van der Waals surface area contributed by atoms with Gasteiger partial charge in [0.05, 0.1) is 12.2 Å². The smallest absolute Gasteiger partial charge is 0.358 e. The molecule has 2 aromatic rings. The van der Waals surface area contributed by atoms with Gasteiger partial charge >= 0.3 is 5.97 Å². The van der Waals surface area contributed by atoms with Crippen LogP contribution in [-0.4, -0.2) is 32.0 Å². The highest BCUT2D eigenvalue weighted by Crippen LogP contribution is 2.12. The van der Waals surface area contributed by atoms with Crippen molar-refractivity contribution in [3.8, 4) is 0 Å². The molecular formula is C13H13FN4O3. The molecule has 0 spiro atoms. The fourth-order valence-electron chi connectivity index (χ4n) is 1.74. The summed E-state index contributed by atoms with van der Waals surface area (Å²) in [7, 11) is 0. The van der Waals surface area contributed by atoms with E-state index in [1.807, 2.05) is 0 Å². The Kier molecular flexibility index (Phi) is 4.27. The van der Waals surface area contributed by atoms with Crippen molar-refractivity contribution in [1.29, 1.82) is 0 Å². The van der Waals surface area contributed by atoms with Crippen molar-refractivity contribution < 1.29 is 19.1 Å². The summed E-state index contributed by atoms with van der Waals surface area (Å²) < 4.78 is 13.9. The van der Waals surface area contributed by atoms with E-state index >= 15 is 0 Å². The van der Waals surface area contributed by atoms with Crippen LogP contribution in [0.15, 0.2) is 30.5 Å². The predicted molar refractivity (Wildman–Crippen MR) is 69.9 cm³/mol. The monoisotopic (exact) mass is 292 g/mol. The lowest BCUT2D eigenvalue weighted by Gasteiger charge is -2.14. The van der Waals surface area contributed by atoms with Gasteiger partial charge in [-0.15, -0.1) is 5.10 Å². The number of amides is 1. The van der Waals surface area contributed by atoms with Gasteiger partial charge in [-0.2, -0.15) is 0 Å². The third kappa shape index (κ3) is 3.85. The Balaban J connectivity index is 1.94. The molecule has 1 amide bonds. The Morgan fingerprint density at radius 2 is 2.05 bits per heavy atom. The van der Waals surface area contributed by atoms with Crippen LogP contribution >= 0.6 is 0 Å². The second-order valence-corrected chi connectivity index (χ2v) is 4.45. The van der Waals surface area contributed by atoms with Crippen LogP contribution in [0.4, 0.5) is 4.39 Å². The molecule has 2 N–H and O–H groups in total. The summed E-state index contributed by atoms with van der Waals surface area (Å²) in [4.78, 5) is 22.5. The Morgan fingerprint density at radius 1 is 1.38 bits per heavy atom. The standard InChI is InChI=1S/C13H13FN4O3/c1-8(9-2-4-10(14)5-3-9)15-12(19)7-18-6-11(13(20)21)16-17-18/h2-6,8H,7H2,1H3,(H,15,19)(H,20,21). The van der Waals surface area contributed by atoms with Gasteiger partial charge in [0.1, 0.15) is 12.4 Å². The van der Waals surface area contributed by atoms with Crippen molar-refractivity contribution in [2.75, 3.05) is 0 Å². The Labute approximate surface area is 119 Å². The summed E-state index contributed by atoms with van der Waals surface area (Å²) in [6.45, 7) is 1.61. The average molecular weight is 292 g/mol. The van der Waals surface area contributed by atoms with Crippen LogP contribution in [0.1, 0.15) is 29.0 Å². The summed E-state index contributed by atoms with van der Waals surface area (Å²) in [5.74, 6) is -1.91. The third-order valence-electron chi connectivity index (χ3n) is 2.81. The van der Waals surface area contributed by atoms with Crippen molar-refractivity contribution in [2.45, 2.75) is 19.5 Å². The fraction of sp³-hybridized carbons (Fsp3) is 0.231. The van der Waals surface area contributed by atoms with Crippen LogP contribution in [-0.2, 0) is 11.3 Å². The molecule has 0 aliphatic carbocycles. The SMILES string of the molecule is CC(NC(=O)Cn1cc(C(=O)O)nn1)c1ccc(F)cc1. The zero-order chi connectivity index (χ0) is 15.4. The molecule has 0 saturated heterocycles. The number of rotatable bonds is 5. The van der Waals surface area contributed by atoms with Crippen LogP contribution < -0.4 is 5.32 Å². The van der Waals surface area contributed by atoms with E-state index in [0.717, 1.165) is 10.2 Å². The van der Waals surface area contributed by atoms with Gasteiger partial charge in [0.2, 0.25) is 5.91 Å². The van der Waals surface area contributed by atoms with E-state index in [-0.39, 0.29) is 30.0 Å². The lowest BCUT2D eigenvalue weighted by molar-refractivity contribution is -0.122. The van der Waals surface area contributed by atoms with E-state index < -0.39 is 5.97 Å². The zero-order valence-corrected chi connectivity index (χ0v) is 11.2. The highest BCUT2D eigenvalue weighted by molar-refractivity contribution is 5.84. The largest absolute Gasteiger partial charge is 0.476 e. The molecule has 7 nitrogen and oxygen atoms in total. The van der Waals surface area contributed by atoms with Gasteiger partial charge in [-0.1, -0.05) is 17.3 Å². The molecule has 1 atom stereocenters. The van der Waals surface area contributed by atoms with Crippen LogP contribution in [0.3, 0.4) is 0 Å². The highest BCUT2D eigenvalue weighted by atomic mass is 19.1. The van der Waals surface area contributed by atoms with Gasteiger partial charge in [0, 0.05) is 0 Å². The first-order chi connectivity index (χ1) is 9.95. The lowest BCUT2D eigenvalue weighted by atomic mass is 10.1. The minimum Gasteiger partial charge on any atom is -0.476 e. The maximum atomic E-state index is 12.8. The molecule has 0 fully saturated rings. The molecule has 110 valence electrons. The first kappa shape index (κ1) is 14.6. The lowest BCUT2D eigenvalue weighted by Crippen LogP contribution is -2.30. The van der Waals surface area contributed by atoms with Gasteiger partial charge in [-0.05, 0) is 24.6 Å². The normalized spacial score (nSPS) is 11.9. The Hall–Kier alpha value is -2.77. The van der Waals surface area contributed by atoms with E-state index in [9.17, 15) is 14.0 Å². The van der Waals surface area contributed by atoms with Crippen LogP contribution in [0.5, 0.6) is 0 Å². The van der Waals surface area contributed by atoms with Gasteiger partial charge in [0.15, 0.2) is 5.69 Å². The number of nitrogens with one attached hydrogen (secondary N) is 1. The van der Waals surface area contributed by atoms with Gasteiger partial charge in [-0.3, -0.25) is 4.79 Å². The molecule has 1 heterocycles. The van der Waals surface area contributed by atoms with Crippen molar-refractivity contribution in [1.82, 2.24) is 20.3 Å². The molecule has 1 unspecified atom stereocenters. The molecule has 0 aliphatic heterocycles.